The Bertz CT molecular complexity index is 999. The average Bonchev–Trinajstić information content (AvgIpc) is 3.01. The Labute approximate surface area is 174 Å². The van der Waals surface area contributed by atoms with Crippen LogP contribution in [0, 0.1) is 13.8 Å². The number of aryl methyl sites for hydroxylation is 3. The second-order valence-corrected chi connectivity index (χ2v) is 7.62. The molecule has 0 aliphatic rings. The van der Waals surface area contributed by atoms with Crippen LogP contribution in [0.5, 0.6) is 0 Å². The van der Waals surface area contributed by atoms with Gasteiger partial charge in [-0.3, -0.25) is 4.79 Å². The topological polar surface area (TPSA) is 37.3 Å². The zero-order valence-electron chi connectivity index (χ0n) is 18.4. The summed E-state index contributed by atoms with van der Waals surface area (Å²) in [6.45, 7) is 13.4. The Morgan fingerprint density at radius 3 is 2.41 bits per heavy atom. The van der Waals surface area contributed by atoms with Gasteiger partial charge in [0.2, 0.25) is 0 Å². The molecule has 0 aliphatic heterocycles. The van der Waals surface area contributed by atoms with E-state index in [1.54, 1.807) is 0 Å². The summed E-state index contributed by atoms with van der Waals surface area (Å²) in [4.78, 5) is 15.6. The van der Waals surface area contributed by atoms with Gasteiger partial charge in [-0.2, -0.15) is 0 Å². The molecule has 2 aromatic carbocycles. The number of anilines is 2. The van der Waals surface area contributed by atoms with E-state index >= 15 is 0 Å². The Balaban J connectivity index is 1.95. The zero-order valence-corrected chi connectivity index (χ0v) is 18.4. The van der Waals surface area contributed by atoms with Gasteiger partial charge in [-0.25, -0.2) is 0 Å². The summed E-state index contributed by atoms with van der Waals surface area (Å²) in [5, 5.41) is 4.32. The van der Waals surface area contributed by atoms with Gasteiger partial charge < -0.3 is 14.8 Å². The molecular formula is C25H33N3O. The van der Waals surface area contributed by atoms with Crippen LogP contribution < -0.4 is 10.2 Å². The molecule has 0 radical (unpaired) electrons. The van der Waals surface area contributed by atoms with E-state index in [4.69, 9.17) is 0 Å². The highest BCUT2D eigenvalue weighted by Crippen LogP contribution is 2.28. The number of carbonyl (C=O) groups excluding carboxylic acids is 1. The first-order valence-electron chi connectivity index (χ1n) is 10.8. The van der Waals surface area contributed by atoms with Crippen LogP contribution in [-0.4, -0.2) is 23.6 Å². The molecule has 1 aromatic heterocycles. The third-order valence-electron chi connectivity index (χ3n) is 5.76. The first kappa shape index (κ1) is 21.0. The summed E-state index contributed by atoms with van der Waals surface area (Å²) in [5.41, 5.74) is 6.10. The van der Waals surface area contributed by atoms with Crippen LogP contribution in [0.3, 0.4) is 0 Å². The van der Waals surface area contributed by atoms with E-state index in [0.29, 0.717) is 0 Å². The summed E-state index contributed by atoms with van der Waals surface area (Å²) in [6, 6.07) is 14.6. The largest absolute Gasteiger partial charge is 0.372 e. The lowest BCUT2D eigenvalue weighted by Crippen LogP contribution is -2.22. The van der Waals surface area contributed by atoms with Crippen LogP contribution in [0.4, 0.5) is 11.4 Å². The Kier molecular flexibility index (Phi) is 6.63. The molecule has 1 amide bonds. The summed E-state index contributed by atoms with van der Waals surface area (Å²) in [5.74, 6) is -0.0338. The molecule has 0 aliphatic carbocycles. The van der Waals surface area contributed by atoms with Crippen molar-refractivity contribution in [2.24, 2.45) is 0 Å². The molecule has 1 heterocycles. The van der Waals surface area contributed by atoms with Crippen LogP contribution in [0.1, 0.15) is 55.2 Å². The predicted octanol–water partition coefficient (Wildman–Crippen LogP) is 6.16. The first-order valence-corrected chi connectivity index (χ1v) is 10.8. The molecule has 0 bridgehead atoms. The van der Waals surface area contributed by atoms with Gasteiger partial charge in [0.05, 0.1) is 0 Å². The maximum atomic E-state index is 13.3. The van der Waals surface area contributed by atoms with E-state index in [1.807, 2.05) is 18.2 Å². The van der Waals surface area contributed by atoms with E-state index in [-0.39, 0.29) is 5.91 Å². The van der Waals surface area contributed by atoms with Crippen molar-refractivity contribution < 1.29 is 4.79 Å². The molecule has 0 atom stereocenters. The number of nitrogens with one attached hydrogen (secondary N) is 1. The van der Waals surface area contributed by atoms with Gasteiger partial charge >= 0.3 is 0 Å². The highest BCUT2D eigenvalue weighted by molar-refractivity contribution is 6.08. The standard InChI is InChI=1S/C25H33N3O/c1-6-9-16-28-23-13-11-10-12-21(23)19(5)24(28)25(29)26-22-15-14-20(17-18(22)4)27(7-2)8-3/h10-15,17H,6-9,16H2,1-5H3,(H,26,29). The number of nitrogens with zero attached hydrogens (tertiary/aromatic N) is 2. The number of rotatable bonds is 8. The Morgan fingerprint density at radius 1 is 1.03 bits per heavy atom. The molecule has 0 unspecified atom stereocenters. The fourth-order valence-electron chi connectivity index (χ4n) is 4.07. The van der Waals surface area contributed by atoms with Crippen LogP contribution >= 0.6 is 0 Å². The van der Waals surface area contributed by atoms with Crippen molar-refractivity contribution in [3.05, 3.63) is 59.3 Å². The number of amides is 1. The number of hydrogen-bond acceptors (Lipinski definition) is 2. The number of unbranched alkanes of at least 4 members (excludes halogenated alkanes) is 1. The quantitative estimate of drug-likeness (QED) is 0.499. The van der Waals surface area contributed by atoms with Crippen LogP contribution in [0.15, 0.2) is 42.5 Å². The van der Waals surface area contributed by atoms with Crippen molar-refractivity contribution >= 4 is 28.2 Å². The van der Waals surface area contributed by atoms with Crippen molar-refractivity contribution in [3.8, 4) is 0 Å². The fraction of sp³-hybridized carbons (Fsp3) is 0.400. The smallest absolute Gasteiger partial charge is 0.272 e. The third kappa shape index (κ3) is 4.16. The lowest BCUT2D eigenvalue weighted by molar-refractivity contribution is 0.101. The van der Waals surface area contributed by atoms with Gasteiger partial charge in [0, 0.05) is 41.9 Å². The highest BCUT2D eigenvalue weighted by Gasteiger charge is 2.20. The zero-order chi connectivity index (χ0) is 21.0. The summed E-state index contributed by atoms with van der Waals surface area (Å²) in [7, 11) is 0. The molecule has 4 heteroatoms. The highest BCUT2D eigenvalue weighted by atomic mass is 16.2. The minimum Gasteiger partial charge on any atom is -0.372 e. The van der Waals surface area contributed by atoms with E-state index in [1.165, 1.54) is 5.69 Å². The molecule has 1 N–H and O–H groups in total. The molecule has 0 spiro atoms. The third-order valence-corrected chi connectivity index (χ3v) is 5.76. The SMILES string of the molecule is CCCCn1c(C(=O)Nc2ccc(N(CC)CC)cc2C)c(C)c2ccccc21. The number of hydrogen-bond donors (Lipinski definition) is 1. The summed E-state index contributed by atoms with van der Waals surface area (Å²) < 4.78 is 2.18. The van der Waals surface area contributed by atoms with Crippen LogP contribution in [0.2, 0.25) is 0 Å². The Hall–Kier alpha value is -2.75. The first-order chi connectivity index (χ1) is 14.0. The lowest BCUT2D eigenvalue weighted by Gasteiger charge is -2.22. The molecule has 0 fully saturated rings. The molecule has 29 heavy (non-hydrogen) atoms. The normalized spacial score (nSPS) is 11.1. The fourth-order valence-corrected chi connectivity index (χ4v) is 4.07. The molecule has 0 saturated heterocycles. The van der Waals surface area contributed by atoms with Crippen molar-refractivity contribution in [2.75, 3.05) is 23.3 Å². The Morgan fingerprint density at radius 2 is 1.76 bits per heavy atom. The van der Waals surface area contributed by atoms with Gasteiger partial charge in [-0.05, 0) is 69.5 Å². The number of benzene rings is 2. The van der Waals surface area contributed by atoms with Crippen molar-refractivity contribution in [3.63, 3.8) is 0 Å². The summed E-state index contributed by atoms with van der Waals surface area (Å²) in [6.07, 6.45) is 2.15. The molecule has 4 nitrogen and oxygen atoms in total. The number of aromatic nitrogens is 1. The van der Waals surface area contributed by atoms with E-state index in [0.717, 1.165) is 65.9 Å². The monoisotopic (exact) mass is 391 g/mol. The molecular weight excluding hydrogens is 358 g/mol. The van der Waals surface area contributed by atoms with Gasteiger partial charge in [-0.15, -0.1) is 0 Å². The van der Waals surface area contributed by atoms with Crippen molar-refractivity contribution in [2.45, 2.75) is 54.0 Å². The van der Waals surface area contributed by atoms with E-state index < -0.39 is 0 Å². The molecule has 3 rings (SSSR count). The van der Waals surface area contributed by atoms with Crippen LogP contribution in [-0.2, 0) is 6.54 Å². The molecule has 154 valence electrons. The van der Waals surface area contributed by atoms with Crippen LogP contribution in [0.25, 0.3) is 10.9 Å². The minimum absolute atomic E-state index is 0.0338. The number of fused-ring (bicyclic) bond motifs is 1. The summed E-state index contributed by atoms with van der Waals surface area (Å²) >= 11 is 0. The number of carbonyl (C=O) groups is 1. The van der Waals surface area contributed by atoms with Gasteiger partial charge in [0.1, 0.15) is 5.69 Å². The second-order valence-electron chi connectivity index (χ2n) is 7.62. The van der Waals surface area contributed by atoms with E-state index in [2.05, 4.69) is 73.7 Å². The van der Waals surface area contributed by atoms with Crippen molar-refractivity contribution in [1.29, 1.82) is 0 Å². The van der Waals surface area contributed by atoms with E-state index in [9.17, 15) is 4.79 Å². The van der Waals surface area contributed by atoms with Gasteiger partial charge in [-0.1, -0.05) is 31.5 Å². The van der Waals surface area contributed by atoms with Gasteiger partial charge in [0.25, 0.3) is 5.91 Å². The average molecular weight is 392 g/mol. The minimum atomic E-state index is -0.0338. The lowest BCUT2D eigenvalue weighted by atomic mass is 10.1. The molecule has 3 aromatic rings. The molecule has 0 saturated carbocycles. The maximum absolute atomic E-state index is 13.3. The van der Waals surface area contributed by atoms with Gasteiger partial charge in [0.15, 0.2) is 0 Å². The predicted molar refractivity (Wildman–Crippen MR) is 124 cm³/mol. The second kappa shape index (κ2) is 9.17. The van der Waals surface area contributed by atoms with Crippen molar-refractivity contribution in [1.82, 2.24) is 4.57 Å². The number of para-hydroxylation sites is 1. The maximum Gasteiger partial charge on any atom is 0.272 e.